The van der Waals surface area contributed by atoms with Gasteiger partial charge < -0.3 is 5.73 Å². The molecule has 0 bridgehead atoms. The predicted octanol–water partition coefficient (Wildman–Crippen LogP) is -0.130. The Labute approximate surface area is 76.5 Å². The van der Waals surface area contributed by atoms with Gasteiger partial charge in [-0.25, -0.2) is 9.99 Å². The van der Waals surface area contributed by atoms with Crippen molar-refractivity contribution in [2.24, 2.45) is 0 Å². The molecule has 0 aliphatic heterocycles. The number of aromatic nitrogens is 1. The molecular formula is C8H12N4O. The van der Waals surface area contributed by atoms with Crippen molar-refractivity contribution in [2.75, 3.05) is 19.8 Å². The lowest BCUT2D eigenvalue weighted by atomic mass is 10.3. The lowest BCUT2D eigenvalue weighted by Crippen LogP contribution is -2.36. The highest BCUT2D eigenvalue weighted by Crippen LogP contribution is 2.05. The summed E-state index contributed by atoms with van der Waals surface area (Å²) in [5.74, 6) is -0.303. The average molecular weight is 180 g/mol. The van der Waals surface area contributed by atoms with Crippen molar-refractivity contribution in [3.63, 3.8) is 0 Å². The van der Waals surface area contributed by atoms with Crippen molar-refractivity contribution in [1.82, 2.24) is 15.4 Å². The van der Waals surface area contributed by atoms with Crippen molar-refractivity contribution in [2.45, 2.75) is 0 Å². The summed E-state index contributed by atoms with van der Waals surface area (Å²) < 4.78 is 0. The molecule has 3 N–H and O–H groups in total. The highest BCUT2D eigenvalue weighted by atomic mass is 16.2. The molecule has 0 saturated heterocycles. The minimum atomic E-state index is -0.303. The molecule has 1 aromatic rings. The molecule has 70 valence electrons. The molecule has 0 aliphatic rings. The van der Waals surface area contributed by atoms with Crippen molar-refractivity contribution < 1.29 is 4.79 Å². The van der Waals surface area contributed by atoms with Crippen LogP contribution in [0.2, 0.25) is 0 Å². The van der Waals surface area contributed by atoms with Crippen LogP contribution < -0.4 is 11.2 Å². The number of anilines is 1. The molecule has 5 heteroatoms. The van der Waals surface area contributed by atoms with E-state index >= 15 is 0 Å². The quantitative estimate of drug-likeness (QED) is 0.622. The number of carbonyl (C=O) groups excluding carboxylic acids is 1. The van der Waals surface area contributed by atoms with E-state index < -0.39 is 0 Å². The van der Waals surface area contributed by atoms with Crippen LogP contribution in [0.5, 0.6) is 0 Å². The van der Waals surface area contributed by atoms with Gasteiger partial charge in [-0.05, 0) is 12.1 Å². The van der Waals surface area contributed by atoms with Crippen LogP contribution in [-0.2, 0) is 0 Å². The summed E-state index contributed by atoms with van der Waals surface area (Å²) in [7, 11) is 3.44. The summed E-state index contributed by atoms with van der Waals surface area (Å²) >= 11 is 0. The summed E-state index contributed by atoms with van der Waals surface area (Å²) in [4.78, 5) is 15.2. The van der Waals surface area contributed by atoms with Gasteiger partial charge in [-0.15, -0.1) is 0 Å². The fourth-order valence-electron chi connectivity index (χ4n) is 0.864. The van der Waals surface area contributed by atoms with Crippen molar-refractivity contribution in [3.8, 4) is 0 Å². The smallest absolute Gasteiger partial charge is 0.286 e. The van der Waals surface area contributed by atoms with Gasteiger partial charge in [0.1, 0.15) is 0 Å². The number of nitrogen functional groups attached to an aromatic ring is 1. The number of amides is 1. The lowest BCUT2D eigenvalue weighted by Gasteiger charge is -2.11. The highest BCUT2D eigenvalue weighted by Gasteiger charge is 2.10. The Balaban J connectivity index is 2.83. The molecule has 0 fully saturated rings. The minimum Gasteiger partial charge on any atom is -0.397 e. The van der Waals surface area contributed by atoms with E-state index in [1.807, 2.05) is 0 Å². The first-order valence-corrected chi connectivity index (χ1v) is 3.80. The Kier molecular flexibility index (Phi) is 2.81. The number of hydrazine groups is 1. The first kappa shape index (κ1) is 9.47. The topological polar surface area (TPSA) is 71.2 Å². The van der Waals surface area contributed by atoms with E-state index in [-0.39, 0.29) is 11.6 Å². The monoisotopic (exact) mass is 180 g/mol. The second-order valence-corrected chi connectivity index (χ2v) is 2.78. The largest absolute Gasteiger partial charge is 0.397 e. The highest BCUT2D eigenvalue weighted by molar-refractivity contribution is 5.96. The Morgan fingerprint density at radius 1 is 1.62 bits per heavy atom. The molecule has 0 radical (unpaired) electrons. The number of nitrogens with zero attached hydrogens (tertiary/aromatic N) is 2. The van der Waals surface area contributed by atoms with Crippen molar-refractivity contribution in [3.05, 3.63) is 24.0 Å². The van der Waals surface area contributed by atoms with Gasteiger partial charge in [0.25, 0.3) is 5.91 Å². The third-order valence-corrected chi connectivity index (χ3v) is 1.38. The zero-order valence-electron chi connectivity index (χ0n) is 7.61. The summed E-state index contributed by atoms with van der Waals surface area (Å²) in [5, 5.41) is 1.54. The van der Waals surface area contributed by atoms with Crippen LogP contribution in [0.1, 0.15) is 10.5 Å². The zero-order valence-corrected chi connectivity index (χ0v) is 7.61. The zero-order chi connectivity index (χ0) is 9.84. The third kappa shape index (κ3) is 2.41. The summed E-state index contributed by atoms with van der Waals surface area (Å²) in [5.41, 5.74) is 8.73. The molecule has 1 amide bonds. The molecule has 0 atom stereocenters. The van der Waals surface area contributed by atoms with Crippen LogP contribution in [-0.4, -0.2) is 30.0 Å². The molecule has 1 rings (SSSR count). The molecule has 0 spiro atoms. The fourth-order valence-corrected chi connectivity index (χ4v) is 0.864. The normalized spacial score (nSPS) is 10.1. The summed E-state index contributed by atoms with van der Waals surface area (Å²) in [6, 6.07) is 3.32. The molecule has 0 unspecified atom stereocenters. The number of rotatable bonds is 2. The first-order chi connectivity index (χ1) is 6.11. The molecule has 1 aromatic heterocycles. The first-order valence-electron chi connectivity index (χ1n) is 3.80. The molecule has 0 aromatic carbocycles. The van der Waals surface area contributed by atoms with E-state index in [0.29, 0.717) is 5.69 Å². The molecule has 0 saturated carbocycles. The molecule has 0 aliphatic carbocycles. The van der Waals surface area contributed by atoms with Crippen LogP contribution in [0.25, 0.3) is 0 Å². The maximum Gasteiger partial charge on any atom is 0.286 e. The van der Waals surface area contributed by atoms with E-state index in [1.54, 1.807) is 26.2 Å². The van der Waals surface area contributed by atoms with Crippen molar-refractivity contribution in [1.29, 1.82) is 0 Å². The SMILES string of the molecule is CN(C)NC(=O)c1ncccc1N. The maximum absolute atomic E-state index is 11.4. The van der Waals surface area contributed by atoms with Gasteiger partial charge in [0, 0.05) is 20.3 Å². The molecule has 1 heterocycles. The van der Waals surface area contributed by atoms with E-state index in [1.165, 1.54) is 11.2 Å². The Hall–Kier alpha value is -1.62. The number of pyridine rings is 1. The van der Waals surface area contributed by atoms with E-state index in [4.69, 9.17) is 5.73 Å². The Bertz CT molecular complexity index is 311. The number of hydrogen-bond acceptors (Lipinski definition) is 4. The number of hydrogen-bond donors (Lipinski definition) is 2. The van der Waals surface area contributed by atoms with Gasteiger partial charge in [-0.2, -0.15) is 0 Å². The Morgan fingerprint density at radius 3 is 2.85 bits per heavy atom. The van der Waals surface area contributed by atoms with Gasteiger partial charge in [-0.3, -0.25) is 10.2 Å². The van der Waals surface area contributed by atoms with Crippen LogP contribution in [0, 0.1) is 0 Å². The second kappa shape index (κ2) is 3.86. The predicted molar refractivity (Wildman–Crippen MR) is 49.8 cm³/mol. The Morgan fingerprint density at radius 2 is 2.31 bits per heavy atom. The average Bonchev–Trinajstić information content (AvgIpc) is 2.03. The fraction of sp³-hybridized carbons (Fsp3) is 0.250. The van der Waals surface area contributed by atoms with E-state index in [0.717, 1.165) is 0 Å². The van der Waals surface area contributed by atoms with Gasteiger partial charge >= 0.3 is 0 Å². The van der Waals surface area contributed by atoms with Gasteiger partial charge in [0.05, 0.1) is 5.69 Å². The third-order valence-electron chi connectivity index (χ3n) is 1.38. The van der Waals surface area contributed by atoms with Gasteiger partial charge in [-0.1, -0.05) is 0 Å². The lowest BCUT2D eigenvalue weighted by molar-refractivity contribution is 0.0852. The number of nitrogens with one attached hydrogen (secondary N) is 1. The van der Waals surface area contributed by atoms with Crippen LogP contribution >= 0.6 is 0 Å². The van der Waals surface area contributed by atoms with E-state index in [2.05, 4.69) is 10.4 Å². The van der Waals surface area contributed by atoms with Crippen LogP contribution in [0.15, 0.2) is 18.3 Å². The van der Waals surface area contributed by atoms with Crippen molar-refractivity contribution >= 4 is 11.6 Å². The number of nitrogens with two attached hydrogens (primary N) is 1. The molecule has 5 nitrogen and oxygen atoms in total. The molecular weight excluding hydrogens is 168 g/mol. The van der Waals surface area contributed by atoms with Gasteiger partial charge in [0.2, 0.25) is 0 Å². The van der Waals surface area contributed by atoms with Crippen LogP contribution in [0.3, 0.4) is 0 Å². The van der Waals surface area contributed by atoms with E-state index in [9.17, 15) is 4.79 Å². The van der Waals surface area contributed by atoms with Gasteiger partial charge in [0.15, 0.2) is 5.69 Å². The maximum atomic E-state index is 11.4. The summed E-state index contributed by atoms with van der Waals surface area (Å²) in [6.07, 6.45) is 1.53. The summed E-state index contributed by atoms with van der Waals surface area (Å²) in [6.45, 7) is 0. The second-order valence-electron chi connectivity index (χ2n) is 2.78. The number of carbonyl (C=O) groups is 1. The standard InChI is InChI=1S/C8H12N4O/c1-12(2)11-8(13)7-6(9)4-3-5-10-7/h3-5H,9H2,1-2H3,(H,11,13). The van der Waals surface area contributed by atoms with Crippen LogP contribution in [0.4, 0.5) is 5.69 Å². The minimum absolute atomic E-state index is 0.246. The molecule has 13 heavy (non-hydrogen) atoms.